The summed E-state index contributed by atoms with van der Waals surface area (Å²) in [5.41, 5.74) is 0.527. The van der Waals surface area contributed by atoms with Crippen LogP contribution in [0.2, 0.25) is 0 Å². The van der Waals surface area contributed by atoms with Crippen LogP contribution in [0.3, 0.4) is 0 Å². The Labute approximate surface area is 244 Å². The molecule has 0 spiro atoms. The Hall–Kier alpha value is -2.40. The van der Waals surface area contributed by atoms with Gasteiger partial charge in [0.15, 0.2) is 0 Å². The molecule has 0 atom stereocenters. The van der Waals surface area contributed by atoms with Crippen LogP contribution in [0.15, 0.2) is 36.4 Å². The van der Waals surface area contributed by atoms with Crippen LogP contribution in [0.1, 0.15) is 58.6 Å². The van der Waals surface area contributed by atoms with Crippen molar-refractivity contribution in [1.82, 2.24) is 4.90 Å². The number of benzene rings is 2. The topological polar surface area (TPSA) is 65.1 Å². The molecule has 1 aliphatic heterocycles. The Kier molecular flexibility index (Phi) is 15.0. The average Bonchev–Trinajstić information content (AvgIpc) is 2.84. The Morgan fingerprint density at radius 1 is 0.846 bits per heavy atom. The van der Waals surface area contributed by atoms with E-state index in [-0.39, 0.29) is 49.6 Å². The van der Waals surface area contributed by atoms with Crippen LogP contribution < -0.4 is 28.3 Å². The zero-order chi connectivity index (χ0) is 27.8. The fraction of sp³-hybridized carbons (Fsp3) is 0.500. The van der Waals surface area contributed by atoms with Crippen LogP contribution in [-0.4, -0.2) is 57.1 Å². The third-order valence-electron chi connectivity index (χ3n) is 6.43. The molecular weight excluding hydrogens is 499 g/mol. The van der Waals surface area contributed by atoms with Gasteiger partial charge in [-0.25, -0.2) is 8.78 Å². The van der Waals surface area contributed by atoms with Crippen molar-refractivity contribution >= 4 is 11.7 Å². The summed E-state index contributed by atoms with van der Waals surface area (Å²) in [6, 6.07) is 8.79. The van der Waals surface area contributed by atoms with Crippen molar-refractivity contribution < 1.29 is 51.4 Å². The molecule has 212 valence electrons. The first-order valence-electron chi connectivity index (χ1n) is 12.3. The van der Waals surface area contributed by atoms with E-state index in [4.69, 9.17) is 14.2 Å². The van der Waals surface area contributed by atoms with Crippen LogP contribution in [0.5, 0.6) is 11.5 Å². The number of hydrogen-bond donors (Lipinski definition) is 0. The largest absolute Gasteiger partial charge is 1.00 e. The van der Waals surface area contributed by atoms with Gasteiger partial charge >= 0.3 is 18.9 Å². The molecule has 0 saturated carbocycles. The van der Waals surface area contributed by atoms with E-state index < -0.39 is 10.8 Å². The first-order chi connectivity index (χ1) is 17.3. The van der Waals surface area contributed by atoms with Gasteiger partial charge in [-0.3, -0.25) is 9.59 Å². The molecular formula is C30H42F2LiNO5. The summed E-state index contributed by atoms with van der Waals surface area (Å²) in [4.78, 5) is 25.4. The number of ketones is 1. The summed E-state index contributed by atoms with van der Waals surface area (Å²) in [6.07, 6.45) is 0.680. The van der Waals surface area contributed by atoms with Gasteiger partial charge in [-0.05, 0) is 43.3 Å². The van der Waals surface area contributed by atoms with Crippen molar-refractivity contribution in [3.05, 3.63) is 66.6 Å². The fourth-order valence-corrected chi connectivity index (χ4v) is 4.53. The third kappa shape index (κ3) is 10.6. The zero-order valence-corrected chi connectivity index (χ0v) is 25.0. The zero-order valence-electron chi connectivity index (χ0n) is 25.0. The number of carbonyl (C=O) groups is 2. The maximum Gasteiger partial charge on any atom is 1.00 e. The minimum Gasteiger partial charge on any atom is -0.496 e. The summed E-state index contributed by atoms with van der Waals surface area (Å²) in [5.74, 6) is 0.736. The predicted molar refractivity (Wildman–Crippen MR) is 146 cm³/mol. The molecule has 3 rings (SSSR count). The van der Waals surface area contributed by atoms with E-state index in [1.165, 1.54) is 31.2 Å². The van der Waals surface area contributed by atoms with Crippen molar-refractivity contribution in [2.24, 2.45) is 0 Å². The number of rotatable bonds is 8. The van der Waals surface area contributed by atoms with E-state index in [0.717, 1.165) is 5.56 Å². The number of nitrogens with zero attached hydrogens (tertiary/aromatic N) is 1. The standard InChI is InChI=1S/C16H22FNO3.C13H17FO2.CH3.Li/c1-16(2,11-15(19)18-6-8-21-9-7-18)13-10-12(17)4-5-14(13)20-3;1-9(15)8-13(2,3)11-7-10(14)5-6-12(11)16-4;;/h4-5,10H,6-9,11H2,1-3H3;5-7H,8H2,1-4H3;1H3;/q;;-1;+1. The molecule has 9 heteroatoms. The summed E-state index contributed by atoms with van der Waals surface area (Å²) >= 11 is 0. The van der Waals surface area contributed by atoms with Crippen LogP contribution >= 0.6 is 0 Å². The van der Waals surface area contributed by atoms with Gasteiger partial charge in [-0.15, -0.1) is 0 Å². The van der Waals surface area contributed by atoms with Crippen molar-refractivity contribution in [3.8, 4) is 11.5 Å². The van der Waals surface area contributed by atoms with Gasteiger partial charge < -0.3 is 26.5 Å². The van der Waals surface area contributed by atoms with E-state index in [1.807, 2.05) is 27.7 Å². The molecule has 39 heavy (non-hydrogen) atoms. The maximum atomic E-state index is 13.5. The molecule has 0 aromatic heterocycles. The Bertz CT molecular complexity index is 1090. The number of morpholine rings is 1. The first-order valence-corrected chi connectivity index (χ1v) is 12.3. The molecule has 1 heterocycles. The number of ether oxygens (including phenoxy) is 3. The molecule has 2 aromatic carbocycles. The summed E-state index contributed by atoms with van der Waals surface area (Å²) in [6.45, 7) is 11.6. The van der Waals surface area contributed by atoms with Crippen molar-refractivity contribution in [2.45, 2.75) is 58.3 Å². The Morgan fingerprint density at radius 2 is 1.26 bits per heavy atom. The first kappa shape index (κ1) is 36.6. The molecule has 0 aliphatic carbocycles. The molecule has 1 saturated heterocycles. The van der Waals surface area contributed by atoms with Crippen molar-refractivity contribution in [3.63, 3.8) is 0 Å². The second kappa shape index (κ2) is 16.0. The predicted octanol–water partition coefficient (Wildman–Crippen LogP) is 2.91. The third-order valence-corrected chi connectivity index (χ3v) is 6.43. The van der Waals surface area contributed by atoms with E-state index >= 15 is 0 Å². The Morgan fingerprint density at radius 3 is 1.64 bits per heavy atom. The summed E-state index contributed by atoms with van der Waals surface area (Å²) in [7, 11) is 3.09. The molecule has 1 aliphatic rings. The molecule has 0 N–H and O–H groups in total. The number of amides is 1. The number of carbonyl (C=O) groups excluding carboxylic acids is 2. The molecule has 6 nitrogen and oxygen atoms in total. The second-order valence-electron chi connectivity index (χ2n) is 10.5. The average molecular weight is 542 g/mol. The van der Waals surface area contributed by atoms with Gasteiger partial charge in [0.2, 0.25) is 5.91 Å². The van der Waals surface area contributed by atoms with Crippen LogP contribution in [0.4, 0.5) is 8.78 Å². The quantitative estimate of drug-likeness (QED) is 0.380. The van der Waals surface area contributed by atoms with E-state index in [1.54, 1.807) is 31.3 Å². The van der Waals surface area contributed by atoms with Crippen LogP contribution in [0.25, 0.3) is 0 Å². The fourth-order valence-electron chi connectivity index (χ4n) is 4.53. The smallest absolute Gasteiger partial charge is 0.496 e. The Balaban J connectivity index is 0.000000729. The van der Waals surface area contributed by atoms with E-state index in [9.17, 15) is 18.4 Å². The minimum atomic E-state index is -0.497. The van der Waals surface area contributed by atoms with Crippen molar-refractivity contribution in [1.29, 1.82) is 0 Å². The van der Waals surface area contributed by atoms with E-state index in [0.29, 0.717) is 56.2 Å². The normalized spacial score (nSPS) is 13.2. The van der Waals surface area contributed by atoms with Gasteiger partial charge in [0.1, 0.15) is 28.9 Å². The number of halogens is 2. The van der Waals surface area contributed by atoms with Crippen LogP contribution in [0, 0.1) is 19.1 Å². The monoisotopic (exact) mass is 541 g/mol. The molecule has 0 radical (unpaired) electrons. The SMILES string of the molecule is COc1ccc(F)cc1C(C)(C)CC(=O)N1CCOCC1.COc1ccc(F)cc1C(C)(C)CC(C)=O.[CH3-].[Li+]. The minimum absolute atomic E-state index is 0. The van der Waals surface area contributed by atoms with Gasteiger partial charge in [-0.1, -0.05) is 27.7 Å². The molecule has 1 amide bonds. The maximum absolute atomic E-state index is 13.5. The van der Waals surface area contributed by atoms with Gasteiger partial charge in [0, 0.05) is 47.9 Å². The molecule has 1 fully saturated rings. The summed E-state index contributed by atoms with van der Waals surface area (Å²) in [5, 5.41) is 0. The number of Topliss-reactive ketones (excluding diaryl/α,β-unsaturated/α-hetero) is 1. The van der Waals surface area contributed by atoms with Crippen LogP contribution in [-0.2, 0) is 25.2 Å². The van der Waals surface area contributed by atoms with Gasteiger partial charge in [0.25, 0.3) is 0 Å². The summed E-state index contributed by atoms with van der Waals surface area (Å²) < 4.78 is 42.5. The molecule has 2 aromatic rings. The van der Waals surface area contributed by atoms with Crippen molar-refractivity contribution in [2.75, 3.05) is 40.5 Å². The van der Waals surface area contributed by atoms with Gasteiger partial charge in [-0.2, -0.15) is 0 Å². The second-order valence-corrected chi connectivity index (χ2v) is 10.5. The molecule has 0 bridgehead atoms. The molecule has 0 unspecified atom stereocenters. The number of hydrogen-bond acceptors (Lipinski definition) is 5. The number of methoxy groups -OCH3 is 2. The van der Waals surface area contributed by atoms with Gasteiger partial charge in [0.05, 0.1) is 27.4 Å². The van der Waals surface area contributed by atoms with E-state index in [2.05, 4.69) is 0 Å².